The van der Waals surface area contributed by atoms with Crippen molar-refractivity contribution in [3.63, 3.8) is 0 Å². The number of aryl methyl sites for hydroxylation is 2. The number of methoxy groups -OCH3 is 1. The lowest BCUT2D eigenvalue weighted by molar-refractivity contribution is 0.194. The van der Waals surface area contributed by atoms with Crippen molar-refractivity contribution < 1.29 is 9.53 Å². The smallest absolute Gasteiger partial charge is 0.317 e. The van der Waals surface area contributed by atoms with E-state index in [1.54, 1.807) is 18.4 Å². The zero-order valence-corrected chi connectivity index (χ0v) is 17.9. The molecule has 6 nitrogen and oxygen atoms in total. The number of piperazine rings is 1. The molecule has 29 heavy (non-hydrogen) atoms. The van der Waals surface area contributed by atoms with Gasteiger partial charge in [-0.05, 0) is 42.7 Å². The molecule has 2 heterocycles. The predicted octanol–water partition coefficient (Wildman–Crippen LogP) is 3.95. The summed E-state index contributed by atoms with van der Waals surface area (Å²) in [6.45, 7) is 7.75. The van der Waals surface area contributed by atoms with Crippen molar-refractivity contribution in [3.8, 4) is 5.75 Å². The van der Waals surface area contributed by atoms with Crippen LogP contribution >= 0.6 is 11.3 Å². The zero-order valence-electron chi connectivity index (χ0n) is 17.1. The second kappa shape index (κ2) is 8.29. The Bertz CT molecular complexity index is 969. The number of hydrogen-bond donors (Lipinski definition) is 1. The number of fused-ring (bicyclic) bond motifs is 1. The summed E-state index contributed by atoms with van der Waals surface area (Å²) in [6, 6.07) is 12.0. The van der Waals surface area contributed by atoms with Gasteiger partial charge in [0, 0.05) is 32.7 Å². The molecule has 1 fully saturated rings. The average molecular weight is 411 g/mol. The van der Waals surface area contributed by atoms with Crippen LogP contribution in [-0.4, -0.2) is 49.2 Å². The Morgan fingerprint density at radius 3 is 2.41 bits per heavy atom. The van der Waals surface area contributed by atoms with Gasteiger partial charge in [-0.3, -0.25) is 0 Å². The van der Waals surface area contributed by atoms with Crippen LogP contribution in [0, 0.1) is 13.8 Å². The molecule has 1 aliphatic rings. The Morgan fingerprint density at radius 1 is 1.07 bits per heavy atom. The van der Waals surface area contributed by atoms with E-state index in [2.05, 4.69) is 36.2 Å². The lowest BCUT2D eigenvalue weighted by atomic mass is 10.1. The molecule has 1 N–H and O–H groups in total. The van der Waals surface area contributed by atoms with Crippen LogP contribution < -0.4 is 15.0 Å². The second-order valence-corrected chi connectivity index (χ2v) is 8.33. The standard InChI is InChI=1S/C22H26N4O2S/c1-15-4-5-16(2)20-19(15)24-22(29-20)26-12-10-25(11-13-26)21(27)23-14-17-6-8-18(28-3)9-7-17/h4-9H,10-14H2,1-3H3,(H,23,27). The van der Waals surface area contributed by atoms with E-state index in [-0.39, 0.29) is 6.03 Å². The van der Waals surface area contributed by atoms with E-state index in [0.717, 1.165) is 35.1 Å². The lowest BCUT2D eigenvalue weighted by Crippen LogP contribution is -2.51. The molecule has 0 unspecified atom stereocenters. The number of amides is 2. The van der Waals surface area contributed by atoms with Crippen LogP contribution in [0.5, 0.6) is 5.75 Å². The van der Waals surface area contributed by atoms with Gasteiger partial charge < -0.3 is 19.9 Å². The summed E-state index contributed by atoms with van der Waals surface area (Å²) < 4.78 is 6.43. The van der Waals surface area contributed by atoms with E-state index in [9.17, 15) is 4.79 Å². The fraction of sp³-hybridized carbons (Fsp3) is 0.364. The van der Waals surface area contributed by atoms with Crippen LogP contribution in [-0.2, 0) is 6.54 Å². The Hall–Kier alpha value is -2.80. The van der Waals surface area contributed by atoms with Crippen molar-refractivity contribution >= 4 is 32.7 Å². The van der Waals surface area contributed by atoms with E-state index in [4.69, 9.17) is 9.72 Å². The Morgan fingerprint density at radius 2 is 1.76 bits per heavy atom. The van der Waals surface area contributed by atoms with Gasteiger partial charge in [0.1, 0.15) is 5.75 Å². The number of thiazole rings is 1. The monoisotopic (exact) mass is 410 g/mol. The van der Waals surface area contributed by atoms with Crippen LogP contribution in [0.25, 0.3) is 10.2 Å². The summed E-state index contributed by atoms with van der Waals surface area (Å²) in [4.78, 5) is 21.6. The van der Waals surface area contributed by atoms with Gasteiger partial charge in [0.25, 0.3) is 0 Å². The number of benzene rings is 2. The summed E-state index contributed by atoms with van der Waals surface area (Å²) in [5.74, 6) is 0.816. The molecular formula is C22H26N4O2S. The highest BCUT2D eigenvalue weighted by Gasteiger charge is 2.23. The third-order valence-corrected chi connectivity index (χ3v) is 6.62. The van der Waals surface area contributed by atoms with Gasteiger partial charge in [-0.25, -0.2) is 9.78 Å². The molecular weight excluding hydrogens is 384 g/mol. The average Bonchev–Trinajstić information content (AvgIpc) is 3.22. The first-order chi connectivity index (χ1) is 14.0. The predicted molar refractivity (Wildman–Crippen MR) is 118 cm³/mol. The van der Waals surface area contributed by atoms with Crippen LogP contribution in [0.3, 0.4) is 0 Å². The van der Waals surface area contributed by atoms with Crippen molar-refractivity contribution in [3.05, 3.63) is 53.1 Å². The molecule has 152 valence electrons. The Kier molecular flexibility index (Phi) is 5.58. The summed E-state index contributed by atoms with van der Waals surface area (Å²) in [5, 5.41) is 4.06. The molecule has 0 saturated carbocycles. The largest absolute Gasteiger partial charge is 0.497 e. The van der Waals surface area contributed by atoms with Gasteiger partial charge in [-0.1, -0.05) is 35.6 Å². The number of carbonyl (C=O) groups excluding carboxylic acids is 1. The highest BCUT2D eigenvalue weighted by Crippen LogP contribution is 2.33. The van der Waals surface area contributed by atoms with Crippen molar-refractivity contribution in [1.82, 2.24) is 15.2 Å². The van der Waals surface area contributed by atoms with Crippen LogP contribution in [0.15, 0.2) is 36.4 Å². The van der Waals surface area contributed by atoms with Gasteiger partial charge in [-0.15, -0.1) is 0 Å². The summed E-state index contributed by atoms with van der Waals surface area (Å²) in [7, 11) is 1.65. The maximum absolute atomic E-state index is 12.5. The third kappa shape index (κ3) is 4.15. The minimum absolute atomic E-state index is 0.0172. The van der Waals surface area contributed by atoms with Crippen molar-refractivity contribution in [2.24, 2.45) is 0 Å². The van der Waals surface area contributed by atoms with E-state index in [1.165, 1.54) is 15.8 Å². The van der Waals surface area contributed by atoms with Crippen molar-refractivity contribution in [2.75, 3.05) is 38.2 Å². The minimum atomic E-state index is -0.0172. The number of nitrogens with zero attached hydrogens (tertiary/aromatic N) is 3. The highest BCUT2D eigenvalue weighted by atomic mass is 32.1. The van der Waals surface area contributed by atoms with Gasteiger partial charge in [-0.2, -0.15) is 0 Å². The van der Waals surface area contributed by atoms with E-state index >= 15 is 0 Å². The van der Waals surface area contributed by atoms with Crippen LogP contribution in [0.4, 0.5) is 9.93 Å². The Balaban J connectivity index is 1.33. The first kappa shape index (κ1) is 19.5. The van der Waals surface area contributed by atoms with E-state index < -0.39 is 0 Å². The lowest BCUT2D eigenvalue weighted by Gasteiger charge is -2.34. The number of carbonyl (C=O) groups is 1. The topological polar surface area (TPSA) is 57.7 Å². The maximum atomic E-state index is 12.5. The van der Waals surface area contributed by atoms with Gasteiger partial charge in [0.05, 0.1) is 17.3 Å². The van der Waals surface area contributed by atoms with Crippen molar-refractivity contribution in [1.29, 1.82) is 0 Å². The first-order valence-electron chi connectivity index (χ1n) is 9.82. The minimum Gasteiger partial charge on any atom is -0.497 e. The molecule has 1 aliphatic heterocycles. The molecule has 2 amide bonds. The van der Waals surface area contributed by atoms with Crippen LogP contribution in [0.2, 0.25) is 0 Å². The molecule has 7 heteroatoms. The molecule has 0 aliphatic carbocycles. The number of ether oxygens (including phenoxy) is 1. The fourth-order valence-electron chi connectivity index (χ4n) is 3.52. The van der Waals surface area contributed by atoms with E-state index in [0.29, 0.717) is 19.6 Å². The van der Waals surface area contributed by atoms with Crippen LogP contribution in [0.1, 0.15) is 16.7 Å². The van der Waals surface area contributed by atoms with Gasteiger partial charge in [0.2, 0.25) is 0 Å². The summed E-state index contributed by atoms with van der Waals surface area (Å²) in [5.41, 5.74) is 4.64. The normalized spacial score (nSPS) is 14.3. The van der Waals surface area contributed by atoms with Crippen molar-refractivity contribution in [2.45, 2.75) is 20.4 Å². The fourth-order valence-corrected chi connectivity index (χ4v) is 4.68. The number of rotatable bonds is 4. The summed E-state index contributed by atoms with van der Waals surface area (Å²) in [6.07, 6.45) is 0. The zero-order chi connectivity index (χ0) is 20.4. The van der Waals surface area contributed by atoms with Gasteiger partial charge >= 0.3 is 6.03 Å². The molecule has 1 saturated heterocycles. The van der Waals surface area contributed by atoms with E-state index in [1.807, 2.05) is 29.2 Å². The number of anilines is 1. The quantitative estimate of drug-likeness (QED) is 0.708. The molecule has 4 rings (SSSR count). The molecule has 0 spiro atoms. The molecule has 2 aromatic carbocycles. The SMILES string of the molecule is COc1ccc(CNC(=O)N2CCN(c3nc4c(C)ccc(C)c4s3)CC2)cc1. The molecule has 0 bridgehead atoms. The second-order valence-electron chi connectivity index (χ2n) is 7.35. The number of urea groups is 1. The highest BCUT2D eigenvalue weighted by molar-refractivity contribution is 7.22. The Labute approximate surface area is 175 Å². The molecule has 1 aromatic heterocycles. The maximum Gasteiger partial charge on any atom is 0.317 e. The molecule has 0 radical (unpaired) electrons. The third-order valence-electron chi connectivity index (χ3n) is 5.37. The molecule has 0 atom stereocenters. The number of nitrogens with one attached hydrogen (secondary N) is 1. The van der Waals surface area contributed by atoms with Gasteiger partial charge in [0.15, 0.2) is 5.13 Å². The number of aromatic nitrogens is 1. The molecule has 3 aromatic rings. The number of hydrogen-bond acceptors (Lipinski definition) is 5. The first-order valence-corrected chi connectivity index (χ1v) is 10.6. The summed E-state index contributed by atoms with van der Waals surface area (Å²) >= 11 is 1.75.